The molecule has 0 aliphatic heterocycles. The molecule has 2 rings (SSSR count). The number of hydrogen-bond acceptors (Lipinski definition) is 3. The maximum absolute atomic E-state index is 12.4. The van der Waals surface area contributed by atoms with Crippen molar-refractivity contribution in [2.45, 2.75) is 24.8 Å². The molecule has 5 heteroatoms. The predicted molar refractivity (Wildman–Crippen MR) is 86.6 cm³/mol. The minimum absolute atomic E-state index is 0.0458. The standard InChI is InChI=1S/C17H19NO3S/c1-12-8-4-5-9-14(12)13(2)18-17(19)15-10-6-7-11-16(15)22(3,20)21/h4-11,13H,1-3H3,(H,18,19)/t13-/m1/s1. The summed E-state index contributed by atoms with van der Waals surface area (Å²) in [6.07, 6.45) is 1.10. The quantitative estimate of drug-likeness (QED) is 0.943. The molecule has 0 aliphatic rings. The van der Waals surface area contributed by atoms with Crippen LogP contribution in [0.4, 0.5) is 0 Å². The van der Waals surface area contributed by atoms with E-state index < -0.39 is 15.7 Å². The first-order valence-electron chi connectivity index (χ1n) is 6.96. The molecule has 2 aromatic carbocycles. The van der Waals surface area contributed by atoms with Crippen molar-refractivity contribution in [3.8, 4) is 0 Å². The van der Waals surface area contributed by atoms with Gasteiger partial charge in [-0.2, -0.15) is 0 Å². The van der Waals surface area contributed by atoms with E-state index in [2.05, 4.69) is 5.32 Å². The van der Waals surface area contributed by atoms with Crippen molar-refractivity contribution in [2.75, 3.05) is 6.26 Å². The van der Waals surface area contributed by atoms with E-state index in [1.165, 1.54) is 12.1 Å². The van der Waals surface area contributed by atoms with Gasteiger partial charge in [0.25, 0.3) is 5.91 Å². The van der Waals surface area contributed by atoms with Gasteiger partial charge < -0.3 is 5.32 Å². The van der Waals surface area contributed by atoms with Crippen LogP contribution >= 0.6 is 0 Å². The van der Waals surface area contributed by atoms with Crippen LogP contribution in [0.5, 0.6) is 0 Å². The molecule has 0 aliphatic carbocycles. The number of rotatable bonds is 4. The lowest BCUT2D eigenvalue weighted by Crippen LogP contribution is -2.28. The fraction of sp³-hybridized carbons (Fsp3) is 0.235. The number of amides is 1. The molecular formula is C17H19NO3S. The molecular weight excluding hydrogens is 298 g/mol. The van der Waals surface area contributed by atoms with Crippen molar-refractivity contribution < 1.29 is 13.2 Å². The van der Waals surface area contributed by atoms with E-state index >= 15 is 0 Å². The van der Waals surface area contributed by atoms with Gasteiger partial charge in [0.2, 0.25) is 0 Å². The number of hydrogen-bond donors (Lipinski definition) is 1. The topological polar surface area (TPSA) is 63.2 Å². The summed E-state index contributed by atoms with van der Waals surface area (Å²) in [6.45, 7) is 3.85. The first kappa shape index (κ1) is 16.2. The molecule has 0 saturated carbocycles. The summed E-state index contributed by atoms with van der Waals surface area (Å²) in [7, 11) is -3.45. The van der Waals surface area contributed by atoms with E-state index in [1.807, 2.05) is 38.1 Å². The minimum Gasteiger partial charge on any atom is -0.345 e. The van der Waals surface area contributed by atoms with Gasteiger partial charge in [0.15, 0.2) is 9.84 Å². The fourth-order valence-corrected chi connectivity index (χ4v) is 3.29. The van der Waals surface area contributed by atoms with E-state index in [1.54, 1.807) is 12.1 Å². The van der Waals surface area contributed by atoms with Gasteiger partial charge in [0, 0.05) is 6.26 Å². The summed E-state index contributed by atoms with van der Waals surface area (Å²) in [5.41, 5.74) is 2.25. The number of nitrogens with one attached hydrogen (secondary N) is 1. The van der Waals surface area contributed by atoms with Crippen LogP contribution in [0.1, 0.15) is 34.5 Å². The molecule has 0 aromatic heterocycles. The molecule has 116 valence electrons. The maximum Gasteiger partial charge on any atom is 0.253 e. The average Bonchev–Trinajstić information content (AvgIpc) is 2.46. The van der Waals surface area contributed by atoms with Crippen LogP contribution in [-0.4, -0.2) is 20.6 Å². The zero-order valence-corrected chi connectivity index (χ0v) is 13.6. The number of carbonyl (C=O) groups excluding carboxylic acids is 1. The highest BCUT2D eigenvalue weighted by atomic mass is 32.2. The Balaban J connectivity index is 2.29. The van der Waals surface area contributed by atoms with Gasteiger partial charge in [-0.3, -0.25) is 4.79 Å². The van der Waals surface area contributed by atoms with Gasteiger partial charge in [-0.1, -0.05) is 36.4 Å². The second-order valence-electron chi connectivity index (χ2n) is 5.32. The Kier molecular flexibility index (Phi) is 4.66. The van der Waals surface area contributed by atoms with Crippen LogP contribution in [0, 0.1) is 6.92 Å². The van der Waals surface area contributed by atoms with Gasteiger partial charge >= 0.3 is 0 Å². The Morgan fingerprint density at radius 1 is 1.05 bits per heavy atom. The highest BCUT2D eigenvalue weighted by molar-refractivity contribution is 7.90. The molecule has 0 radical (unpaired) electrons. The molecule has 1 atom stereocenters. The lowest BCUT2D eigenvalue weighted by Gasteiger charge is -2.17. The van der Waals surface area contributed by atoms with Gasteiger partial charge in [0.1, 0.15) is 0 Å². The maximum atomic E-state index is 12.4. The van der Waals surface area contributed by atoms with Crippen molar-refractivity contribution in [1.82, 2.24) is 5.32 Å². The molecule has 1 amide bonds. The van der Waals surface area contributed by atoms with E-state index in [0.29, 0.717) is 0 Å². The van der Waals surface area contributed by atoms with E-state index in [4.69, 9.17) is 0 Å². The Bertz CT molecular complexity index is 797. The molecule has 0 spiro atoms. The third-order valence-corrected chi connectivity index (χ3v) is 4.69. The zero-order valence-electron chi connectivity index (χ0n) is 12.8. The first-order chi connectivity index (χ1) is 10.3. The molecule has 2 aromatic rings. The third kappa shape index (κ3) is 3.54. The average molecular weight is 317 g/mol. The summed E-state index contributed by atoms with van der Waals surface area (Å²) in [5, 5.41) is 2.86. The predicted octanol–water partition coefficient (Wildman–Crippen LogP) is 2.89. The summed E-state index contributed by atoms with van der Waals surface area (Å²) in [4.78, 5) is 12.5. The number of sulfone groups is 1. The highest BCUT2D eigenvalue weighted by Gasteiger charge is 2.20. The van der Waals surface area contributed by atoms with Crippen molar-refractivity contribution >= 4 is 15.7 Å². The molecule has 0 bridgehead atoms. The van der Waals surface area contributed by atoms with Crippen LogP contribution in [-0.2, 0) is 9.84 Å². The fourth-order valence-electron chi connectivity index (χ4n) is 2.40. The van der Waals surface area contributed by atoms with E-state index in [0.717, 1.165) is 17.4 Å². The molecule has 0 heterocycles. The Morgan fingerprint density at radius 2 is 1.64 bits per heavy atom. The molecule has 22 heavy (non-hydrogen) atoms. The van der Waals surface area contributed by atoms with E-state index in [-0.39, 0.29) is 16.5 Å². The summed E-state index contributed by atoms with van der Waals surface area (Å²) in [6, 6.07) is 13.8. The second-order valence-corrected chi connectivity index (χ2v) is 7.30. The van der Waals surface area contributed by atoms with Crippen LogP contribution in [0.2, 0.25) is 0 Å². The smallest absolute Gasteiger partial charge is 0.253 e. The minimum atomic E-state index is -3.45. The SMILES string of the molecule is Cc1ccccc1[C@@H](C)NC(=O)c1ccccc1S(C)(=O)=O. The second kappa shape index (κ2) is 6.32. The van der Waals surface area contributed by atoms with Crippen molar-refractivity contribution in [1.29, 1.82) is 0 Å². The van der Waals surface area contributed by atoms with Gasteiger partial charge in [-0.25, -0.2) is 8.42 Å². The lowest BCUT2D eigenvalue weighted by atomic mass is 10.0. The molecule has 1 N–H and O–H groups in total. The Labute approximate surface area is 131 Å². The molecule has 0 unspecified atom stereocenters. The van der Waals surface area contributed by atoms with E-state index in [9.17, 15) is 13.2 Å². The van der Waals surface area contributed by atoms with Crippen LogP contribution in [0.25, 0.3) is 0 Å². The Hall–Kier alpha value is -2.14. The molecule has 4 nitrogen and oxygen atoms in total. The normalized spacial score (nSPS) is 12.7. The molecule has 0 saturated heterocycles. The number of benzene rings is 2. The number of carbonyl (C=O) groups is 1. The van der Waals surface area contributed by atoms with Gasteiger partial charge in [-0.05, 0) is 37.1 Å². The van der Waals surface area contributed by atoms with Crippen molar-refractivity contribution in [3.05, 3.63) is 65.2 Å². The van der Waals surface area contributed by atoms with Gasteiger partial charge in [0.05, 0.1) is 16.5 Å². The highest BCUT2D eigenvalue weighted by Crippen LogP contribution is 2.19. The van der Waals surface area contributed by atoms with Crippen LogP contribution < -0.4 is 5.32 Å². The zero-order chi connectivity index (χ0) is 16.3. The van der Waals surface area contributed by atoms with Gasteiger partial charge in [-0.15, -0.1) is 0 Å². The third-order valence-electron chi connectivity index (χ3n) is 3.53. The summed E-state index contributed by atoms with van der Waals surface area (Å²) < 4.78 is 23.6. The first-order valence-corrected chi connectivity index (χ1v) is 8.85. The monoisotopic (exact) mass is 317 g/mol. The summed E-state index contributed by atoms with van der Waals surface area (Å²) >= 11 is 0. The number of aryl methyl sites for hydroxylation is 1. The van der Waals surface area contributed by atoms with Crippen LogP contribution in [0.15, 0.2) is 53.4 Å². The van der Waals surface area contributed by atoms with Crippen molar-refractivity contribution in [2.24, 2.45) is 0 Å². The lowest BCUT2D eigenvalue weighted by molar-refractivity contribution is 0.0936. The Morgan fingerprint density at radius 3 is 2.27 bits per heavy atom. The van der Waals surface area contributed by atoms with Crippen molar-refractivity contribution in [3.63, 3.8) is 0 Å². The largest absolute Gasteiger partial charge is 0.345 e. The molecule has 0 fully saturated rings. The van der Waals surface area contributed by atoms with Crippen LogP contribution in [0.3, 0.4) is 0 Å². The summed E-state index contributed by atoms with van der Waals surface area (Å²) in [5.74, 6) is -0.392.